The summed E-state index contributed by atoms with van der Waals surface area (Å²) in [5.41, 5.74) is 1.17. The Hall–Kier alpha value is -2.20. The van der Waals surface area contributed by atoms with E-state index in [0.717, 1.165) is 6.54 Å². The molecule has 0 unspecified atom stereocenters. The quantitative estimate of drug-likeness (QED) is 0.765. The Labute approximate surface area is 124 Å². The van der Waals surface area contributed by atoms with Gasteiger partial charge < -0.3 is 4.74 Å². The van der Waals surface area contributed by atoms with Crippen LogP contribution in [0.25, 0.3) is 0 Å². The van der Waals surface area contributed by atoms with Crippen molar-refractivity contribution < 1.29 is 13.9 Å². The Morgan fingerprint density at radius 2 is 1.76 bits per heavy atom. The van der Waals surface area contributed by atoms with Gasteiger partial charge in [0.1, 0.15) is 12.4 Å². The van der Waals surface area contributed by atoms with E-state index in [0.29, 0.717) is 6.54 Å². The number of nitrogens with zero attached hydrogens (tertiary/aromatic N) is 1. The van der Waals surface area contributed by atoms with Gasteiger partial charge in [-0.15, -0.1) is 0 Å². The van der Waals surface area contributed by atoms with E-state index in [4.69, 9.17) is 4.74 Å². The minimum Gasteiger partial charge on any atom is -0.461 e. The zero-order valence-electron chi connectivity index (χ0n) is 12.0. The lowest BCUT2D eigenvalue weighted by Gasteiger charge is -2.16. The van der Waals surface area contributed by atoms with E-state index in [1.165, 1.54) is 17.7 Å². The fraction of sp³-hybridized carbons (Fsp3) is 0.235. The Bertz CT molecular complexity index is 586. The molecule has 0 aliphatic rings. The average molecular weight is 287 g/mol. The molecule has 0 aromatic heterocycles. The lowest BCUT2D eigenvalue weighted by atomic mass is 10.2. The van der Waals surface area contributed by atoms with Gasteiger partial charge >= 0.3 is 5.97 Å². The molecular weight excluding hydrogens is 269 g/mol. The molecule has 0 N–H and O–H groups in total. The molecule has 2 aromatic rings. The summed E-state index contributed by atoms with van der Waals surface area (Å²) in [6, 6.07) is 15.9. The molecule has 0 saturated carbocycles. The Balaban J connectivity index is 1.76. The van der Waals surface area contributed by atoms with Gasteiger partial charge in [-0.3, -0.25) is 4.90 Å². The lowest BCUT2D eigenvalue weighted by Crippen LogP contribution is -2.24. The third-order valence-corrected chi connectivity index (χ3v) is 3.10. The van der Waals surface area contributed by atoms with Crippen molar-refractivity contribution in [1.29, 1.82) is 0 Å². The Morgan fingerprint density at radius 1 is 1.10 bits per heavy atom. The number of rotatable bonds is 6. The largest absolute Gasteiger partial charge is 0.461 e. The molecule has 0 amide bonds. The minimum absolute atomic E-state index is 0.0248. The monoisotopic (exact) mass is 287 g/mol. The molecule has 0 aliphatic carbocycles. The van der Waals surface area contributed by atoms with Gasteiger partial charge in [0.15, 0.2) is 0 Å². The molecule has 0 saturated heterocycles. The second-order valence-electron chi connectivity index (χ2n) is 4.84. The maximum absolute atomic E-state index is 13.4. The van der Waals surface area contributed by atoms with E-state index in [2.05, 4.69) is 0 Å². The SMILES string of the molecule is CN(CCOC(=O)c1ccccc1F)Cc1ccccc1. The summed E-state index contributed by atoms with van der Waals surface area (Å²) in [7, 11) is 1.95. The lowest BCUT2D eigenvalue weighted by molar-refractivity contribution is 0.0465. The molecule has 0 bridgehead atoms. The van der Waals surface area contributed by atoms with Crippen molar-refractivity contribution in [3.63, 3.8) is 0 Å². The highest BCUT2D eigenvalue weighted by molar-refractivity contribution is 5.89. The van der Waals surface area contributed by atoms with E-state index in [9.17, 15) is 9.18 Å². The number of carbonyl (C=O) groups is 1. The summed E-state index contributed by atoms with van der Waals surface area (Å²) >= 11 is 0. The number of carbonyl (C=O) groups excluding carboxylic acids is 1. The molecule has 0 heterocycles. The van der Waals surface area contributed by atoms with Crippen molar-refractivity contribution in [1.82, 2.24) is 4.90 Å². The van der Waals surface area contributed by atoms with Crippen molar-refractivity contribution in [2.75, 3.05) is 20.2 Å². The third-order valence-electron chi connectivity index (χ3n) is 3.10. The number of hydrogen-bond acceptors (Lipinski definition) is 3. The van der Waals surface area contributed by atoms with Crippen LogP contribution in [0.2, 0.25) is 0 Å². The molecule has 0 spiro atoms. The summed E-state index contributed by atoms with van der Waals surface area (Å²) in [4.78, 5) is 13.8. The van der Waals surface area contributed by atoms with Crippen LogP contribution in [0.4, 0.5) is 4.39 Å². The van der Waals surface area contributed by atoms with Crippen LogP contribution in [0.15, 0.2) is 54.6 Å². The van der Waals surface area contributed by atoms with Crippen LogP contribution < -0.4 is 0 Å². The zero-order chi connectivity index (χ0) is 15.1. The van der Waals surface area contributed by atoms with Crippen LogP contribution >= 0.6 is 0 Å². The summed E-state index contributed by atoms with van der Waals surface area (Å²) in [6.45, 7) is 1.60. The number of likely N-dealkylation sites (N-methyl/N-ethyl adjacent to an activating group) is 1. The van der Waals surface area contributed by atoms with E-state index in [1.807, 2.05) is 42.3 Å². The van der Waals surface area contributed by atoms with Crippen molar-refractivity contribution >= 4 is 5.97 Å². The van der Waals surface area contributed by atoms with E-state index in [-0.39, 0.29) is 12.2 Å². The van der Waals surface area contributed by atoms with Crippen LogP contribution in [0.1, 0.15) is 15.9 Å². The molecule has 21 heavy (non-hydrogen) atoms. The normalized spacial score (nSPS) is 10.6. The minimum atomic E-state index is -0.624. The van der Waals surface area contributed by atoms with Gasteiger partial charge in [0.05, 0.1) is 5.56 Å². The maximum atomic E-state index is 13.4. The zero-order valence-corrected chi connectivity index (χ0v) is 12.0. The van der Waals surface area contributed by atoms with Gasteiger partial charge in [0.2, 0.25) is 0 Å². The molecule has 3 nitrogen and oxygen atoms in total. The van der Waals surface area contributed by atoms with Crippen LogP contribution in [0.3, 0.4) is 0 Å². The highest BCUT2D eigenvalue weighted by Gasteiger charge is 2.12. The number of ether oxygens (including phenoxy) is 1. The van der Waals surface area contributed by atoms with Gasteiger partial charge in [0.25, 0.3) is 0 Å². The second-order valence-corrected chi connectivity index (χ2v) is 4.84. The van der Waals surface area contributed by atoms with Crippen molar-refractivity contribution in [3.8, 4) is 0 Å². The molecular formula is C17H18FNO2. The fourth-order valence-electron chi connectivity index (χ4n) is 1.97. The summed E-state index contributed by atoms with van der Waals surface area (Å²) in [5.74, 6) is -1.18. The first-order valence-corrected chi connectivity index (χ1v) is 6.81. The number of halogens is 1. The summed E-state index contributed by atoms with van der Waals surface area (Å²) in [6.07, 6.45) is 0. The van der Waals surface area contributed by atoms with Crippen LogP contribution in [-0.4, -0.2) is 31.1 Å². The van der Waals surface area contributed by atoms with Crippen LogP contribution in [0.5, 0.6) is 0 Å². The standard InChI is InChI=1S/C17H18FNO2/c1-19(13-14-7-3-2-4-8-14)11-12-21-17(20)15-9-5-6-10-16(15)18/h2-10H,11-13H2,1H3. The van der Waals surface area contributed by atoms with Gasteiger partial charge in [-0.2, -0.15) is 0 Å². The number of esters is 1. The molecule has 0 atom stereocenters. The maximum Gasteiger partial charge on any atom is 0.341 e. The smallest absolute Gasteiger partial charge is 0.341 e. The highest BCUT2D eigenvalue weighted by atomic mass is 19.1. The van der Waals surface area contributed by atoms with Crippen molar-refractivity contribution in [3.05, 3.63) is 71.5 Å². The highest BCUT2D eigenvalue weighted by Crippen LogP contribution is 2.08. The Morgan fingerprint density at radius 3 is 2.48 bits per heavy atom. The molecule has 2 aromatic carbocycles. The van der Waals surface area contributed by atoms with Crippen molar-refractivity contribution in [2.45, 2.75) is 6.54 Å². The van der Waals surface area contributed by atoms with Crippen LogP contribution in [-0.2, 0) is 11.3 Å². The molecule has 0 radical (unpaired) electrons. The van der Waals surface area contributed by atoms with Gasteiger partial charge in [0, 0.05) is 13.1 Å². The molecule has 110 valence electrons. The van der Waals surface area contributed by atoms with Gasteiger partial charge in [-0.25, -0.2) is 9.18 Å². The first kappa shape index (κ1) is 15.2. The first-order chi connectivity index (χ1) is 10.2. The molecule has 0 fully saturated rings. The van der Waals surface area contributed by atoms with E-state index < -0.39 is 11.8 Å². The number of benzene rings is 2. The Kier molecular flexibility index (Phi) is 5.46. The average Bonchev–Trinajstić information content (AvgIpc) is 2.48. The fourth-order valence-corrected chi connectivity index (χ4v) is 1.97. The molecule has 4 heteroatoms. The second kappa shape index (κ2) is 7.55. The van der Waals surface area contributed by atoms with Crippen molar-refractivity contribution in [2.24, 2.45) is 0 Å². The summed E-state index contributed by atoms with van der Waals surface area (Å²) in [5, 5.41) is 0. The first-order valence-electron chi connectivity index (χ1n) is 6.81. The molecule has 0 aliphatic heterocycles. The third kappa shape index (κ3) is 4.68. The molecule has 2 rings (SSSR count). The number of hydrogen-bond donors (Lipinski definition) is 0. The predicted molar refractivity (Wildman–Crippen MR) is 79.5 cm³/mol. The van der Waals surface area contributed by atoms with E-state index in [1.54, 1.807) is 12.1 Å². The van der Waals surface area contributed by atoms with E-state index >= 15 is 0 Å². The summed E-state index contributed by atoms with van der Waals surface area (Å²) < 4.78 is 18.5. The topological polar surface area (TPSA) is 29.5 Å². The van der Waals surface area contributed by atoms with Gasteiger partial charge in [-0.05, 0) is 24.7 Å². The van der Waals surface area contributed by atoms with Crippen LogP contribution in [0, 0.1) is 5.82 Å². The van der Waals surface area contributed by atoms with Gasteiger partial charge in [-0.1, -0.05) is 42.5 Å². The predicted octanol–water partition coefficient (Wildman–Crippen LogP) is 3.11.